The van der Waals surface area contributed by atoms with E-state index in [1.807, 2.05) is 18.2 Å². The molecule has 2 aromatic rings. The van der Waals surface area contributed by atoms with E-state index in [1.54, 1.807) is 36.4 Å². The fourth-order valence-electron chi connectivity index (χ4n) is 1.43. The standard InChI is InChI=1S/C15H10INO3/c16-12-3-7-14(8-4-12)20-15(18)10-19-13-5-1-11(9-17)2-6-13/h1-8H,10H2. The zero-order valence-corrected chi connectivity index (χ0v) is 12.5. The van der Waals surface area contributed by atoms with Crippen LogP contribution >= 0.6 is 22.6 Å². The highest BCUT2D eigenvalue weighted by Crippen LogP contribution is 2.14. The molecule has 0 aromatic heterocycles. The fourth-order valence-corrected chi connectivity index (χ4v) is 1.79. The van der Waals surface area contributed by atoms with Crippen LogP contribution in [0.4, 0.5) is 0 Å². The molecule has 100 valence electrons. The first-order chi connectivity index (χ1) is 9.67. The maximum absolute atomic E-state index is 11.6. The topological polar surface area (TPSA) is 59.3 Å². The summed E-state index contributed by atoms with van der Waals surface area (Å²) >= 11 is 2.17. The summed E-state index contributed by atoms with van der Waals surface area (Å²) < 4.78 is 11.5. The van der Waals surface area contributed by atoms with Gasteiger partial charge in [0, 0.05) is 3.57 Å². The fraction of sp³-hybridized carbons (Fsp3) is 0.0667. The van der Waals surface area contributed by atoms with Crippen LogP contribution in [0, 0.1) is 14.9 Å². The Morgan fingerprint density at radius 3 is 2.25 bits per heavy atom. The van der Waals surface area contributed by atoms with Crippen molar-refractivity contribution in [2.75, 3.05) is 6.61 Å². The Morgan fingerprint density at radius 1 is 1.05 bits per heavy atom. The van der Waals surface area contributed by atoms with Gasteiger partial charge in [-0.15, -0.1) is 0 Å². The van der Waals surface area contributed by atoms with Gasteiger partial charge in [-0.2, -0.15) is 5.26 Å². The number of nitriles is 1. The average molecular weight is 379 g/mol. The van der Waals surface area contributed by atoms with E-state index in [-0.39, 0.29) is 6.61 Å². The van der Waals surface area contributed by atoms with Crippen molar-refractivity contribution in [3.63, 3.8) is 0 Å². The lowest BCUT2D eigenvalue weighted by molar-refractivity contribution is -0.136. The summed E-state index contributed by atoms with van der Waals surface area (Å²) in [6, 6.07) is 15.7. The van der Waals surface area contributed by atoms with Crippen molar-refractivity contribution in [3.8, 4) is 17.6 Å². The lowest BCUT2D eigenvalue weighted by Crippen LogP contribution is -2.17. The van der Waals surface area contributed by atoms with Crippen molar-refractivity contribution < 1.29 is 14.3 Å². The second-order valence-electron chi connectivity index (χ2n) is 3.85. The molecular formula is C15H10INO3. The van der Waals surface area contributed by atoms with Crippen molar-refractivity contribution in [2.45, 2.75) is 0 Å². The van der Waals surface area contributed by atoms with E-state index in [0.29, 0.717) is 17.1 Å². The lowest BCUT2D eigenvalue weighted by atomic mass is 10.2. The van der Waals surface area contributed by atoms with Gasteiger partial charge in [-0.3, -0.25) is 0 Å². The van der Waals surface area contributed by atoms with Gasteiger partial charge >= 0.3 is 5.97 Å². The highest BCUT2D eigenvalue weighted by Gasteiger charge is 2.06. The Labute approximate surface area is 130 Å². The molecule has 0 saturated heterocycles. The lowest BCUT2D eigenvalue weighted by Gasteiger charge is -2.06. The van der Waals surface area contributed by atoms with Crippen LogP contribution in [0.3, 0.4) is 0 Å². The molecule has 4 nitrogen and oxygen atoms in total. The molecule has 0 aliphatic carbocycles. The van der Waals surface area contributed by atoms with Gasteiger partial charge in [0.05, 0.1) is 11.6 Å². The number of carbonyl (C=O) groups excluding carboxylic acids is 1. The molecular weight excluding hydrogens is 369 g/mol. The molecule has 20 heavy (non-hydrogen) atoms. The smallest absolute Gasteiger partial charge is 0.349 e. The third kappa shape index (κ3) is 4.24. The van der Waals surface area contributed by atoms with Gasteiger partial charge in [-0.05, 0) is 71.1 Å². The number of ether oxygens (including phenoxy) is 2. The van der Waals surface area contributed by atoms with Gasteiger partial charge in [0.15, 0.2) is 6.61 Å². The number of hydrogen-bond acceptors (Lipinski definition) is 4. The van der Waals surface area contributed by atoms with Gasteiger partial charge in [0.1, 0.15) is 11.5 Å². The molecule has 0 heterocycles. The third-order valence-corrected chi connectivity index (χ3v) is 3.10. The largest absolute Gasteiger partial charge is 0.482 e. The van der Waals surface area contributed by atoms with E-state index in [2.05, 4.69) is 22.6 Å². The normalized spacial score (nSPS) is 9.60. The maximum Gasteiger partial charge on any atom is 0.349 e. The number of hydrogen-bond donors (Lipinski definition) is 0. The number of benzene rings is 2. The number of rotatable bonds is 4. The van der Waals surface area contributed by atoms with Crippen LogP contribution < -0.4 is 9.47 Å². The van der Waals surface area contributed by atoms with E-state index in [0.717, 1.165) is 3.57 Å². The SMILES string of the molecule is N#Cc1ccc(OCC(=O)Oc2ccc(I)cc2)cc1. The minimum absolute atomic E-state index is 0.183. The summed E-state index contributed by atoms with van der Waals surface area (Å²) in [5, 5.41) is 8.66. The Hall–Kier alpha value is -2.07. The third-order valence-electron chi connectivity index (χ3n) is 2.39. The Bertz CT molecular complexity index is 630. The van der Waals surface area contributed by atoms with Crippen LogP contribution in [0.25, 0.3) is 0 Å². The number of carbonyl (C=O) groups is 1. The van der Waals surface area contributed by atoms with Gasteiger partial charge < -0.3 is 9.47 Å². The van der Waals surface area contributed by atoms with E-state index >= 15 is 0 Å². The number of nitrogens with zero attached hydrogens (tertiary/aromatic N) is 1. The van der Waals surface area contributed by atoms with Crippen LogP contribution in [-0.2, 0) is 4.79 Å². The van der Waals surface area contributed by atoms with Crippen molar-refractivity contribution in [3.05, 3.63) is 57.7 Å². The molecule has 0 aliphatic heterocycles. The van der Waals surface area contributed by atoms with E-state index < -0.39 is 5.97 Å². The summed E-state index contributed by atoms with van der Waals surface area (Å²) in [5.74, 6) is 0.526. The molecule has 2 aromatic carbocycles. The van der Waals surface area contributed by atoms with Crippen LogP contribution in [-0.4, -0.2) is 12.6 Å². The monoisotopic (exact) mass is 379 g/mol. The quantitative estimate of drug-likeness (QED) is 0.465. The van der Waals surface area contributed by atoms with Crippen LogP contribution in [0.2, 0.25) is 0 Å². The molecule has 0 N–H and O–H groups in total. The molecule has 0 saturated carbocycles. The maximum atomic E-state index is 11.6. The van der Waals surface area contributed by atoms with Gasteiger partial charge in [-0.1, -0.05) is 0 Å². The summed E-state index contributed by atoms with van der Waals surface area (Å²) in [4.78, 5) is 11.6. The van der Waals surface area contributed by atoms with Crippen LogP contribution in [0.5, 0.6) is 11.5 Å². The number of halogens is 1. The highest BCUT2D eigenvalue weighted by molar-refractivity contribution is 14.1. The average Bonchev–Trinajstić information content (AvgIpc) is 2.48. The minimum atomic E-state index is -0.476. The molecule has 2 rings (SSSR count). The first-order valence-corrected chi connectivity index (χ1v) is 6.84. The Balaban J connectivity index is 1.85. The van der Waals surface area contributed by atoms with Crippen molar-refractivity contribution >= 4 is 28.6 Å². The van der Waals surface area contributed by atoms with E-state index in [1.165, 1.54) is 0 Å². The predicted octanol–water partition coefficient (Wildman–Crippen LogP) is 3.15. The van der Waals surface area contributed by atoms with Gasteiger partial charge in [0.2, 0.25) is 0 Å². The van der Waals surface area contributed by atoms with Crippen molar-refractivity contribution in [1.29, 1.82) is 5.26 Å². The van der Waals surface area contributed by atoms with E-state index in [4.69, 9.17) is 14.7 Å². The number of esters is 1. The molecule has 0 unspecified atom stereocenters. The molecule has 0 spiro atoms. The van der Waals surface area contributed by atoms with Crippen molar-refractivity contribution in [2.24, 2.45) is 0 Å². The van der Waals surface area contributed by atoms with Gasteiger partial charge in [0.25, 0.3) is 0 Å². The zero-order valence-electron chi connectivity index (χ0n) is 10.4. The molecule has 0 fully saturated rings. The molecule has 0 radical (unpaired) electrons. The summed E-state index contributed by atoms with van der Waals surface area (Å²) in [6.45, 7) is -0.183. The van der Waals surface area contributed by atoms with E-state index in [9.17, 15) is 4.79 Å². The molecule has 0 atom stereocenters. The second-order valence-corrected chi connectivity index (χ2v) is 5.10. The highest BCUT2D eigenvalue weighted by atomic mass is 127. The predicted molar refractivity (Wildman–Crippen MR) is 81.4 cm³/mol. The van der Waals surface area contributed by atoms with Crippen LogP contribution in [0.15, 0.2) is 48.5 Å². The zero-order chi connectivity index (χ0) is 14.4. The first-order valence-electron chi connectivity index (χ1n) is 5.76. The van der Waals surface area contributed by atoms with Gasteiger partial charge in [-0.25, -0.2) is 4.79 Å². The van der Waals surface area contributed by atoms with Crippen LogP contribution in [0.1, 0.15) is 5.56 Å². The Kier molecular flexibility index (Phi) is 4.96. The summed E-state index contributed by atoms with van der Waals surface area (Å²) in [7, 11) is 0. The molecule has 5 heteroatoms. The Morgan fingerprint density at radius 2 is 1.65 bits per heavy atom. The first kappa shape index (κ1) is 14.3. The molecule has 0 bridgehead atoms. The van der Waals surface area contributed by atoms with Crippen molar-refractivity contribution in [1.82, 2.24) is 0 Å². The minimum Gasteiger partial charge on any atom is -0.482 e. The molecule has 0 amide bonds. The summed E-state index contributed by atoms with van der Waals surface area (Å²) in [5.41, 5.74) is 0.541. The summed E-state index contributed by atoms with van der Waals surface area (Å²) in [6.07, 6.45) is 0. The molecule has 0 aliphatic rings. The second kappa shape index (κ2) is 6.91.